The Balaban J connectivity index is 1.23. The van der Waals surface area contributed by atoms with Crippen LogP contribution in [0.3, 0.4) is 0 Å². The largest absolute Gasteiger partial charge is 0.432 e. The number of unbranched alkanes of at least 4 members (excludes halogenated alkanes) is 1. The topological polar surface area (TPSA) is 27.7 Å². The second kappa shape index (κ2) is 11.4. The first-order chi connectivity index (χ1) is 16.4. The Labute approximate surface area is 199 Å². The van der Waals surface area contributed by atoms with E-state index in [2.05, 4.69) is 13.0 Å². The van der Waals surface area contributed by atoms with Crippen molar-refractivity contribution in [3.05, 3.63) is 41.5 Å². The van der Waals surface area contributed by atoms with E-state index >= 15 is 0 Å². The van der Waals surface area contributed by atoms with E-state index in [0.29, 0.717) is 49.5 Å². The monoisotopic (exact) mass is 484 g/mol. The molecule has 0 radical (unpaired) electrons. The van der Waals surface area contributed by atoms with Crippen LogP contribution in [0.4, 0.5) is 17.6 Å². The Morgan fingerprint density at radius 1 is 1.00 bits per heavy atom. The first-order valence-electron chi connectivity index (χ1n) is 12.8. The van der Waals surface area contributed by atoms with Gasteiger partial charge >= 0.3 is 6.11 Å². The van der Waals surface area contributed by atoms with Crippen molar-refractivity contribution in [3.8, 4) is 5.75 Å². The molecule has 190 valence electrons. The molecule has 1 saturated heterocycles. The summed E-state index contributed by atoms with van der Waals surface area (Å²) in [4.78, 5) is 0. The number of rotatable bonds is 8. The fourth-order valence-electron chi connectivity index (χ4n) is 5.56. The van der Waals surface area contributed by atoms with Gasteiger partial charge in [-0.2, -0.15) is 8.78 Å². The number of hydrogen-bond donors (Lipinski definition) is 0. The number of alkyl halides is 2. The molecule has 1 saturated carbocycles. The van der Waals surface area contributed by atoms with Gasteiger partial charge < -0.3 is 14.2 Å². The first kappa shape index (κ1) is 25.5. The lowest BCUT2D eigenvalue weighted by Crippen LogP contribution is -2.38. The van der Waals surface area contributed by atoms with Gasteiger partial charge in [0.05, 0.1) is 19.1 Å². The van der Waals surface area contributed by atoms with E-state index in [9.17, 15) is 17.6 Å². The molecule has 0 spiro atoms. The maximum Gasteiger partial charge on any atom is 0.400 e. The number of ether oxygens (including phenoxy) is 3. The van der Waals surface area contributed by atoms with E-state index in [1.165, 1.54) is 18.4 Å². The molecule has 2 aliphatic carbocycles. The van der Waals surface area contributed by atoms with E-state index in [0.717, 1.165) is 51.0 Å². The molecule has 1 heterocycles. The van der Waals surface area contributed by atoms with Crippen molar-refractivity contribution >= 4 is 0 Å². The summed E-state index contributed by atoms with van der Waals surface area (Å²) in [5.41, 5.74) is 1.37. The molecule has 3 nitrogen and oxygen atoms in total. The van der Waals surface area contributed by atoms with Crippen molar-refractivity contribution in [2.45, 2.75) is 83.5 Å². The normalized spacial score (nSPS) is 30.6. The fourth-order valence-corrected chi connectivity index (χ4v) is 5.56. The van der Waals surface area contributed by atoms with Gasteiger partial charge in [-0.3, -0.25) is 0 Å². The Morgan fingerprint density at radius 3 is 2.35 bits per heavy atom. The minimum atomic E-state index is -3.41. The number of hydrogen-bond acceptors (Lipinski definition) is 3. The predicted octanol–water partition coefficient (Wildman–Crippen LogP) is 7.65. The van der Waals surface area contributed by atoms with Crippen LogP contribution >= 0.6 is 0 Å². The van der Waals surface area contributed by atoms with E-state index in [1.807, 2.05) is 0 Å². The van der Waals surface area contributed by atoms with Crippen LogP contribution in [-0.2, 0) is 9.47 Å². The molecule has 1 atom stereocenters. The number of allylic oxidation sites excluding steroid dienone is 2. The standard InChI is InChI=1S/C27H36F4O3/c1-2-3-4-18-16-32-26(33-17-18)21-7-5-19(6-8-21)20-9-11-22(12-10-20)27(30,31)34-23-13-14-24(28)25(29)15-23/h5,13-15,18,20-22,26H,2-4,6-12,16-17H2,1H3. The second-order valence-corrected chi connectivity index (χ2v) is 10.1. The van der Waals surface area contributed by atoms with Crippen LogP contribution < -0.4 is 4.74 Å². The van der Waals surface area contributed by atoms with Crippen LogP contribution in [0.1, 0.15) is 71.1 Å². The zero-order chi connectivity index (χ0) is 24.1. The Hall–Kier alpha value is -1.60. The summed E-state index contributed by atoms with van der Waals surface area (Å²) in [7, 11) is 0. The van der Waals surface area contributed by atoms with Crippen molar-refractivity contribution < 1.29 is 31.8 Å². The first-order valence-corrected chi connectivity index (χ1v) is 12.8. The molecular formula is C27H36F4O3. The highest BCUT2D eigenvalue weighted by atomic mass is 19.3. The molecular weight excluding hydrogens is 448 g/mol. The minimum absolute atomic E-state index is 0.126. The molecule has 1 aromatic rings. The van der Waals surface area contributed by atoms with Gasteiger partial charge in [0.1, 0.15) is 5.75 Å². The zero-order valence-electron chi connectivity index (χ0n) is 19.9. The average Bonchev–Trinajstić information content (AvgIpc) is 2.85. The van der Waals surface area contributed by atoms with Gasteiger partial charge in [0.2, 0.25) is 0 Å². The predicted molar refractivity (Wildman–Crippen MR) is 122 cm³/mol. The lowest BCUT2D eigenvalue weighted by molar-refractivity contribution is -0.226. The van der Waals surface area contributed by atoms with Crippen molar-refractivity contribution in [2.75, 3.05) is 13.2 Å². The van der Waals surface area contributed by atoms with E-state index in [-0.39, 0.29) is 12.0 Å². The van der Waals surface area contributed by atoms with Gasteiger partial charge in [-0.05, 0) is 69.4 Å². The van der Waals surface area contributed by atoms with Crippen LogP contribution in [0.25, 0.3) is 0 Å². The third-order valence-corrected chi connectivity index (χ3v) is 7.70. The van der Waals surface area contributed by atoms with Crippen LogP contribution in [-0.4, -0.2) is 25.6 Å². The molecule has 0 N–H and O–H groups in total. The molecule has 2 fully saturated rings. The molecule has 1 aromatic carbocycles. The van der Waals surface area contributed by atoms with E-state index in [1.54, 1.807) is 0 Å². The molecule has 1 aliphatic heterocycles. The van der Waals surface area contributed by atoms with Crippen molar-refractivity contribution in [1.29, 1.82) is 0 Å². The summed E-state index contributed by atoms with van der Waals surface area (Å²) in [5.74, 6) is -2.37. The third-order valence-electron chi connectivity index (χ3n) is 7.70. The zero-order valence-corrected chi connectivity index (χ0v) is 19.9. The summed E-state index contributed by atoms with van der Waals surface area (Å²) in [6.07, 6.45) is 7.25. The smallest absolute Gasteiger partial charge is 0.400 e. The average molecular weight is 485 g/mol. The van der Waals surface area contributed by atoms with Gasteiger partial charge in [-0.25, -0.2) is 8.78 Å². The molecule has 34 heavy (non-hydrogen) atoms. The molecule has 1 unspecified atom stereocenters. The minimum Gasteiger partial charge on any atom is -0.432 e. The van der Waals surface area contributed by atoms with Gasteiger partial charge in [0.15, 0.2) is 17.9 Å². The van der Waals surface area contributed by atoms with Crippen LogP contribution in [0.5, 0.6) is 5.75 Å². The lowest BCUT2D eigenvalue weighted by Gasteiger charge is -2.38. The summed E-state index contributed by atoms with van der Waals surface area (Å²) < 4.78 is 72.6. The third kappa shape index (κ3) is 6.34. The molecule has 0 bridgehead atoms. The summed E-state index contributed by atoms with van der Waals surface area (Å²) >= 11 is 0. The molecule has 4 rings (SSSR count). The Morgan fingerprint density at radius 2 is 1.74 bits per heavy atom. The van der Waals surface area contributed by atoms with Crippen molar-refractivity contribution in [1.82, 2.24) is 0 Å². The molecule has 0 amide bonds. The van der Waals surface area contributed by atoms with E-state index < -0.39 is 23.7 Å². The quantitative estimate of drug-likeness (QED) is 0.280. The van der Waals surface area contributed by atoms with Gasteiger partial charge in [0, 0.05) is 17.9 Å². The van der Waals surface area contributed by atoms with Crippen LogP contribution in [0.15, 0.2) is 29.8 Å². The number of halogens is 4. The van der Waals surface area contributed by atoms with Crippen LogP contribution in [0.2, 0.25) is 0 Å². The van der Waals surface area contributed by atoms with Gasteiger partial charge in [0.25, 0.3) is 0 Å². The highest BCUT2D eigenvalue weighted by Crippen LogP contribution is 2.44. The Bertz CT molecular complexity index is 827. The van der Waals surface area contributed by atoms with Crippen molar-refractivity contribution in [2.24, 2.45) is 23.7 Å². The summed E-state index contributed by atoms with van der Waals surface area (Å²) in [6, 6.07) is 2.50. The second-order valence-electron chi connectivity index (χ2n) is 10.1. The SMILES string of the molecule is CCCCC1COC(C2CC=C(C3CCC(C(F)(F)Oc4ccc(F)c(F)c4)CC3)CC2)OC1. The van der Waals surface area contributed by atoms with Crippen LogP contribution in [0, 0.1) is 35.3 Å². The molecule has 0 aromatic heterocycles. The molecule has 7 heteroatoms. The lowest BCUT2D eigenvalue weighted by atomic mass is 9.74. The van der Waals surface area contributed by atoms with Gasteiger partial charge in [-0.15, -0.1) is 0 Å². The fraction of sp³-hybridized carbons (Fsp3) is 0.704. The highest BCUT2D eigenvalue weighted by Gasteiger charge is 2.44. The summed E-state index contributed by atoms with van der Waals surface area (Å²) in [5, 5.41) is 0. The highest BCUT2D eigenvalue weighted by molar-refractivity contribution is 5.24. The van der Waals surface area contributed by atoms with E-state index in [4.69, 9.17) is 14.2 Å². The Kier molecular flexibility index (Phi) is 8.57. The van der Waals surface area contributed by atoms with Gasteiger partial charge in [-0.1, -0.05) is 31.4 Å². The maximum atomic E-state index is 14.7. The molecule has 3 aliphatic rings. The summed E-state index contributed by atoms with van der Waals surface area (Å²) in [6.45, 7) is 3.76. The number of benzene rings is 1. The van der Waals surface area contributed by atoms with Crippen molar-refractivity contribution in [3.63, 3.8) is 0 Å². The maximum absolute atomic E-state index is 14.7.